The molecule has 0 saturated carbocycles. The molecule has 1 aliphatic carbocycles. The van der Waals surface area contributed by atoms with Crippen LogP contribution in [-0.2, 0) is 19.1 Å². The summed E-state index contributed by atoms with van der Waals surface area (Å²) in [5.41, 5.74) is 4.61. The smallest absolute Gasteiger partial charge is 0.407 e. The van der Waals surface area contributed by atoms with Crippen molar-refractivity contribution in [2.45, 2.75) is 18.4 Å². The molecule has 8 heteroatoms. The average Bonchev–Trinajstić information content (AvgIpc) is 3.43. The lowest BCUT2D eigenvalue weighted by Crippen LogP contribution is -2.40. The van der Waals surface area contributed by atoms with E-state index in [2.05, 4.69) is 36.2 Å². The highest BCUT2D eigenvalue weighted by Crippen LogP contribution is 2.44. The predicted octanol–water partition coefficient (Wildman–Crippen LogP) is 3.03. The number of carbonyl (C=O) groups excluding carboxylic acids is 2. The van der Waals surface area contributed by atoms with Crippen molar-refractivity contribution in [3.63, 3.8) is 0 Å². The number of nitrogens with zero attached hydrogens (tertiary/aromatic N) is 1. The minimum absolute atomic E-state index is 0.0204. The molecule has 1 aliphatic heterocycles. The van der Waals surface area contributed by atoms with Gasteiger partial charge in [0, 0.05) is 19.0 Å². The van der Waals surface area contributed by atoms with Crippen LogP contribution in [0.3, 0.4) is 0 Å². The number of benzene rings is 2. The van der Waals surface area contributed by atoms with Crippen LogP contribution in [0, 0.1) is 5.92 Å². The van der Waals surface area contributed by atoms with Gasteiger partial charge in [0.05, 0.1) is 18.6 Å². The number of nitrogens with one attached hydrogen (secondary N) is 1. The third kappa shape index (κ3) is 5.12. The Morgan fingerprint density at radius 2 is 1.76 bits per heavy atom. The average molecular weight is 465 g/mol. The summed E-state index contributed by atoms with van der Waals surface area (Å²) in [6.07, 6.45) is 1.01. The highest BCUT2D eigenvalue weighted by Gasteiger charge is 2.34. The first-order valence-electron chi connectivity index (χ1n) is 11.3. The third-order valence-electron chi connectivity index (χ3n) is 6.23. The SMILES string of the molecule is C=CCN(CC(=O)O)C(=O)C1COC(CNC(=O)OCC2c3ccccc3-c3ccccc32)C1. The number of carboxylic acids is 1. The molecule has 1 fully saturated rings. The van der Waals surface area contributed by atoms with Gasteiger partial charge in [-0.3, -0.25) is 9.59 Å². The molecular formula is C26H28N2O6. The third-order valence-corrected chi connectivity index (χ3v) is 6.23. The number of hydrogen-bond donors (Lipinski definition) is 2. The lowest BCUT2D eigenvalue weighted by molar-refractivity contribution is -0.145. The second-order valence-corrected chi connectivity index (χ2v) is 8.50. The van der Waals surface area contributed by atoms with E-state index in [-0.39, 0.29) is 50.8 Å². The summed E-state index contributed by atoms with van der Waals surface area (Å²) in [5.74, 6) is -1.84. The fourth-order valence-corrected chi connectivity index (χ4v) is 4.68. The second-order valence-electron chi connectivity index (χ2n) is 8.50. The summed E-state index contributed by atoms with van der Waals surface area (Å²) < 4.78 is 11.2. The van der Waals surface area contributed by atoms with Gasteiger partial charge in [-0.2, -0.15) is 0 Å². The van der Waals surface area contributed by atoms with E-state index in [4.69, 9.17) is 14.6 Å². The number of aliphatic carboxylic acids is 1. The fraction of sp³-hybridized carbons (Fsp3) is 0.346. The first-order chi connectivity index (χ1) is 16.5. The van der Waals surface area contributed by atoms with E-state index in [1.54, 1.807) is 0 Å². The molecule has 178 valence electrons. The van der Waals surface area contributed by atoms with Crippen molar-refractivity contribution in [1.29, 1.82) is 0 Å². The maximum Gasteiger partial charge on any atom is 0.407 e. The Kier molecular flexibility index (Phi) is 7.27. The molecule has 0 radical (unpaired) electrons. The first-order valence-corrected chi connectivity index (χ1v) is 11.3. The Hall–Kier alpha value is -3.65. The van der Waals surface area contributed by atoms with Gasteiger partial charge in [-0.15, -0.1) is 6.58 Å². The number of fused-ring (bicyclic) bond motifs is 3. The predicted molar refractivity (Wildman–Crippen MR) is 125 cm³/mol. The number of rotatable bonds is 9. The number of alkyl carbamates (subject to hydrolysis) is 1. The monoisotopic (exact) mass is 464 g/mol. The summed E-state index contributed by atoms with van der Waals surface area (Å²) in [5, 5.41) is 11.7. The van der Waals surface area contributed by atoms with Crippen LogP contribution < -0.4 is 5.32 Å². The summed E-state index contributed by atoms with van der Waals surface area (Å²) in [6.45, 7) is 3.96. The van der Waals surface area contributed by atoms with E-state index in [1.165, 1.54) is 11.0 Å². The van der Waals surface area contributed by atoms with E-state index < -0.39 is 18.0 Å². The Bertz CT molecular complexity index is 1040. The van der Waals surface area contributed by atoms with Crippen molar-refractivity contribution in [3.05, 3.63) is 72.3 Å². The van der Waals surface area contributed by atoms with Crippen LogP contribution in [0.1, 0.15) is 23.5 Å². The molecule has 2 aromatic carbocycles. The van der Waals surface area contributed by atoms with Gasteiger partial charge >= 0.3 is 12.1 Å². The fourth-order valence-electron chi connectivity index (χ4n) is 4.68. The zero-order valence-corrected chi connectivity index (χ0v) is 18.8. The Labute approximate surface area is 198 Å². The summed E-state index contributed by atoms with van der Waals surface area (Å²) in [7, 11) is 0. The van der Waals surface area contributed by atoms with Crippen LogP contribution in [0.2, 0.25) is 0 Å². The topological polar surface area (TPSA) is 105 Å². The first kappa shape index (κ1) is 23.5. The lowest BCUT2D eigenvalue weighted by atomic mass is 9.98. The Balaban J connectivity index is 1.26. The molecule has 34 heavy (non-hydrogen) atoms. The van der Waals surface area contributed by atoms with Crippen LogP contribution in [0.5, 0.6) is 0 Å². The Morgan fingerprint density at radius 3 is 2.38 bits per heavy atom. The van der Waals surface area contributed by atoms with Gasteiger partial charge in [-0.25, -0.2) is 4.79 Å². The maximum absolute atomic E-state index is 12.6. The van der Waals surface area contributed by atoms with E-state index in [0.717, 1.165) is 22.3 Å². The standard InChI is InChI=1S/C26H28N2O6/c1-2-11-28(14-24(29)30)25(31)17-12-18(33-15-17)13-27-26(32)34-16-23-21-9-5-3-7-19(21)20-8-4-6-10-22(20)23/h2-10,17-18,23H,1,11-16H2,(H,27,32)(H,29,30). The van der Waals surface area contributed by atoms with Gasteiger partial charge in [0.2, 0.25) is 5.91 Å². The van der Waals surface area contributed by atoms with Gasteiger partial charge in [0.25, 0.3) is 0 Å². The minimum atomic E-state index is -1.08. The molecule has 2 amide bonds. The number of amides is 2. The molecule has 1 heterocycles. The molecule has 0 bridgehead atoms. The highest BCUT2D eigenvalue weighted by atomic mass is 16.5. The number of hydrogen-bond acceptors (Lipinski definition) is 5. The van der Waals surface area contributed by atoms with Crippen molar-refractivity contribution in [1.82, 2.24) is 10.2 Å². The molecule has 2 atom stereocenters. The van der Waals surface area contributed by atoms with Gasteiger partial charge in [0.1, 0.15) is 13.2 Å². The zero-order chi connectivity index (χ0) is 24.1. The normalized spacial score (nSPS) is 18.6. The summed E-state index contributed by atoms with van der Waals surface area (Å²) >= 11 is 0. The molecule has 2 unspecified atom stereocenters. The van der Waals surface area contributed by atoms with Crippen molar-refractivity contribution in [2.75, 3.05) is 32.8 Å². The zero-order valence-electron chi connectivity index (χ0n) is 18.8. The number of ether oxygens (including phenoxy) is 2. The molecule has 0 aromatic heterocycles. The van der Waals surface area contributed by atoms with Crippen LogP contribution in [0.15, 0.2) is 61.2 Å². The second kappa shape index (κ2) is 10.5. The minimum Gasteiger partial charge on any atom is -0.480 e. The molecule has 2 N–H and O–H groups in total. The molecule has 8 nitrogen and oxygen atoms in total. The number of carboxylic acid groups (broad SMARTS) is 1. The molecule has 2 aromatic rings. The maximum atomic E-state index is 12.6. The largest absolute Gasteiger partial charge is 0.480 e. The van der Waals surface area contributed by atoms with E-state index in [1.807, 2.05) is 24.3 Å². The molecule has 1 saturated heterocycles. The van der Waals surface area contributed by atoms with E-state index in [9.17, 15) is 14.4 Å². The van der Waals surface area contributed by atoms with Crippen LogP contribution in [0.4, 0.5) is 4.79 Å². The van der Waals surface area contributed by atoms with Crippen molar-refractivity contribution >= 4 is 18.0 Å². The summed E-state index contributed by atoms with van der Waals surface area (Å²) in [6, 6.07) is 16.3. The highest BCUT2D eigenvalue weighted by molar-refractivity contribution is 5.83. The van der Waals surface area contributed by atoms with Crippen molar-refractivity contribution in [2.24, 2.45) is 5.92 Å². The van der Waals surface area contributed by atoms with E-state index in [0.29, 0.717) is 6.42 Å². The van der Waals surface area contributed by atoms with Crippen LogP contribution in [-0.4, -0.2) is 66.9 Å². The Morgan fingerprint density at radius 1 is 1.12 bits per heavy atom. The van der Waals surface area contributed by atoms with Gasteiger partial charge in [0.15, 0.2) is 0 Å². The van der Waals surface area contributed by atoms with E-state index >= 15 is 0 Å². The molecule has 2 aliphatic rings. The van der Waals surface area contributed by atoms with Crippen LogP contribution >= 0.6 is 0 Å². The van der Waals surface area contributed by atoms with Crippen molar-refractivity contribution in [3.8, 4) is 11.1 Å². The van der Waals surface area contributed by atoms with Gasteiger partial charge in [-0.1, -0.05) is 54.6 Å². The van der Waals surface area contributed by atoms with Crippen molar-refractivity contribution < 1.29 is 29.0 Å². The van der Waals surface area contributed by atoms with Crippen LogP contribution in [0.25, 0.3) is 11.1 Å². The molecule has 0 spiro atoms. The van der Waals surface area contributed by atoms with Gasteiger partial charge < -0.3 is 24.8 Å². The number of carbonyl (C=O) groups is 3. The molecule has 4 rings (SSSR count). The lowest BCUT2D eigenvalue weighted by Gasteiger charge is -2.21. The van der Waals surface area contributed by atoms with Gasteiger partial charge in [-0.05, 0) is 28.7 Å². The summed E-state index contributed by atoms with van der Waals surface area (Å²) in [4.78, 5) is 37.3. The molecular weight excluding hydrogens is 436 g/mol. The quantitative estimate of drug-likeness (QED) is 0.553.